The smallest absolute Gasteiger partial charge is 0.328 e. The number of aromatic nitrogens is 2. The average molecular weight is 295 g/mol. The number of rotatable bonds is 5. The second kappa shape index (κ2) is 6.21. The molecule has 2 heterocycles. The number of hydrogen-bond acceptors (Lipinski definition) is 6. The van der Waals surface area contributed by atoms with Gasteiger partial charge in [-0.1, -0.05) is 4.49 Å². The van der Waals surface area contributed by atoms with Gasteiger partial charge in [0, 0.05) is 11.0 Å². The van der Waals surface area contributed by atoms with Crippen LogP contribution in [0, 0.1) is 0 Å². The second-order valence-corrected chi connectivity index (χ2v) is 5.22. The van der Waals surface area contributed by atoms with Crippen molar-refractivity contribution in [2.45, 2.75) is 6.54 Å². The lowest BCUT2D eigenvalue weighted by atomic mass is 10.2. The summed E-state index contributed by atoms with van der Waals surface area (Å²) in [6, 6.07) is 1.81. The third kappa shape index (κ3) is 3.70. The Morgan fingerprint density at radius 3 is 3.00 bits per heavy atom. The van der Waals surface area contributed by atoms with Crippen molar-refractivity contribution >= 4 is 40.8 Å². The molecule has 2 N–H and O–H groups in total. The molecular weight excluding hydrogens is 286 g/mol. The minimum absolute atomic E-state index is 0.239. The Labute approximate surface area is 116 Å². The van der Waals surface area contributed by atoms with E-state index in [1.165, 1.54) is 23.6 Å². The van der Waals surface area contributed by atoms with Crippen molar-refractivity contribution in [1.29, 1.82) is 0 Å². The summed E-state index contributed by atoms with van der Waals surface area (Å²) >= 11 is 2.48. The molecule has 19 heavy (non-hydrogen) atoms. The lowest BCUT2D eigenvalue weighted by molar-refractivity contribution is -0.131. The molecule has 0 unspecified atom stereocenters. The van der Waals surface area contributed by atoms with Crippen LogP contribution in [0.2, 0.25) is 0 Å². The topological polar surface area (TPSA) is 92.2 Å². The largest absolute Gasteiger partial charge is 0.478 e. The first-order valence-electron chi connectivity index (χ1n) is 5.20. The SMILES string of the molecule is O=C(O)C=Cc1ccsc1CNC(=O)c1cnns1. The van der Waals surface area contributed by atoms with Crippen LogP contribution in [-0.2, 0) is 11.3 Å². The Bertz CT molecular complexity index is 604. The van der Waals surface area contributed by atoms with Crippen LogP contribution in [0.25, 0.3) is 6.08 Å². The quantitative estimate of drug-likeness (QED) is 0.818. The van der Waals surface area contributed by atoms with Gasteiger partial charge in [0.05, 0.1) is 12.7 Å². The zero-order valence-corrected chi connectivity index (χ0v) is 11.2. The summed E-state index contributed by atoms with van der Waals surface area (Å²) in [6.07, 6.45) is 3.98. The van der Waals surface area contributed by atoms with Crippen LogP contribution in [0.3, 0.4) is 0 Å². The number of thiophene rings is 1. The Hall–Kier alpha value is -2.06. The van der Waals surface area contributed by atoms with Gasteiger partial charge in [0.15, 0.2) is 0 Å². The van der Waals surface area contributed by atoms with Crippen molar-refractivity contribution in [3.63, 3.8) is 0 Å². The number of amides is 1. The summed E-state index contributed by atoms with van der Waals surface area (Å²) in [4.78, 5) is 23.5. The van der Waals surface area contributed by atoms with Gasteiger partial charge >= 0.3 is 5.97 Å². The molecule has 0 spiro atoms. The number of nitrogens with one attached hydrogen (secondary N) is 1. The van der Waals surface area contributed by atoms with E-state index < -0.39 is 5.97 Å². The summed E-state index contributed by atoms with van der Waals surface area (Å²) in [6.45, 7) is 0.341. The monoisotopic (exact) mass is 295 g/mol. The van der Waals surface area contributed by atoms with E-state index >= 15 is 0 Å². The molecule has 0 bridgehead atoms. The second-order valence-electron chi connectivity index (χ2n) is 3.44. The van der Waals surface area contributed by atoms with Crippen LogP contribution in [0.4, 0.5) is 0 Å². The number of carbonyl (C=O) groups excluding carboxylic acids is 1. The van der Waals surface area contributed by atoms with Crippen LogP contribution in [0.5, 0.6) is 0 Å². The standard InChI is InChI=1S/C11H9N3O3S2/c15-10(16)2-1-7-3-4-18-8(7)5-12-11(17)9-6-13-14-19-9/h1-4,6H,5H2,(H,12,17)(H,15,16). The highest BCUT2D eigenvalue weighted by molar-refractivity contribution is 7.10. The van der Waals surface area contributed by atoms with E-state index in [2.05, 4.69) is 14.9 Å². The van der Waals surface area contributed by atoms with Gasteiger partial charge in [-0.15, -0.1) is 16.4 Å². The molecule has 2 aromatic rings. The van der Waals surface area contributed by atoms with E-state index in [0.717, 1.165) is 28.0 Å². The fourth-order valence-corrected chi connectivity index (χ4v) is 2.56. The molecule has 0 radical (unpaired) electrons. The number of nitrogens with zero attached hydrogens (tertiary/aromatic N) is 2. The van der Waals surface area contributed by atoms with E-state index in [9.17, 15) is 9.59 Å². The lowest BCUT2D eigenvalue weighted by Crippen LogP contribution is -2.21. The van der Waals surface area contributed by atoms with Gasteiger partial charge in [-0.2, -0.15) is 0 Å². The van der Waals surface area contributed by atoms with Gasteiger partial charge in [-0.05, 0) is 34.6 Å². The molecule has 1 amide bonds. The summed E-state index contributed by atoms with van der Waals surface area (Å²) in [5.41, 5.74) is 0.787. The molecule has 0 saturated carbocycles. The van der Waals surface area contributed by atoms with E-state index in [-0.39, 0.29) is 5.91 Å². The third-order valence-corrected chi connectivity index (χ3v) is 3.78. The molecule has 0 aliphatic rings. The molecule has 98 valence electrons. The van der Waals surface area contributed by atoms with Gasteiger partial charge in [0.2, 0.25) is 0 Å². The molecule has 2 rings (SSSR count). The fourth-order valence-electron chi connectivity index (χ4n) is 1.32. The van der Waals surface area contributed by atoms with Gasteiger partial charge in [0.25, 0.3) is 5.91 Å². The van der Waals surface area contributed by atoms with Crippen LogP contribution < -0.4 is 5.32 Å². The van der Waals surface area contributed by atoms with Crippen molar-refractivity contribution in [2.24, 2.45) is 0 Å². The molecule has 2 aromatic heterocycles. The van der Waals surface area contributed by atoms with Crippen molar-refractivity contribution < 1.29 is 14.7 Å². The van der Waals surface area contributed by atoms with Crippen LogP contribution in [-0.4, -0.2) is 26.6 Å². The number of aliphatic carboxylic acids is 1. The molecule has 8 heteroatoms. The number of carboxylic acid groups (broad SMARTS) is 1. The third-order valence-electron chi connectivity index (χ3n) is 2.18. The van der Waals surface area contributed by atoms with E-state index in [0.29, 0.717) is 11.4 Å². The van der Waals surface area contributed by atoms with Gasteiger partial charge in [-0.25, -0.2) is 4.79 Å². The summed E-state index contributed by atoms with van der Waals surface area (Å²) < 4.78 is 3.61. The highest BCUT2D eigenvalue weighted by Gasteiger charge is 2.09. The van der Waals surface area contributed by atoms with Crippen molar-refractivity contribution in [1.82, 2.24) is 14.9 Å². The van der Waals surface area contributed by atoms with E-state index in [4.69, 9.17) is 5.11 Å². The zero-order valence-electron chi connectivity index (χ0n) is 9.57. The normalized spacial score (nSPS) is 10.7. The van der Waals surface area contributed by atoms with E-state index in [1.54, 1.807) is 6.07 Å². The fraction of sp³-hybridized carbons (Fsp3) is 0.0909. The minimum atomic E-state index is -1.00. The number of hydrogen-bond donors (Lipinski definition) is 2. The maximum Gasteiger partial charge on any atom is 0.328 e. The van der Waals surface area contributed by atoms with Gasteiger partial charge in [-0.3, -0.25) is 4.79 Å². The Balaban J connectivity index is 1.98. The molecule has 0 atom stereocenters. The molecular formula is C11H9N3O3S2. The maximum absolute atomic E-state index is 11.7. The molecule has 0 aliphatic heterocycles. The van der Waals surface area contributed by atoms with Crippen LogP contribution in [0.15, 0.2) is 23.7 Å². The van der Waals surface area contributed by atoms with Crippen LogP contribution in [0.1, 0.15) is 20.1 Å². The maximum atomic E-state index is 11.7. The van der Waals surface area contributed by atoms with Crippen molar-refractivity contribution in [3.05, 3.63) is 39.0 Å². The Morgan fingerprint density at radius 2 is 2.32 bits per heavy atom. The first-order valence-corrected chi connectivity index (χ1v) is 6.85. The van der Waals surface area contributed by atoms with Gasteiger partial charge < -0.3 is 10.4 Å². The highest BCUT2D eigenvalue weighted by atomic mass is 32.1. The molecule has 0 fully saturated rings. The lowest BCUT2D eigenvalue weighted by Gasteiger charge is -2.02. The summed E-state index contributed by atoms with van der Waals surface area (Å²) in [5.74, 6) is -1.24. The molecule has 0 aromatic carbocycles. The first kappa shape index (κ1) is 13.4. The van der Waals surface area contributed by atoms with E-state index in [1.807, 2.05) is 5.38 Å². The zero-order chi connectivity index (χ0) is 13.7. The first-order chi connectivity index (χ1) is 9.16. The van der Waals surface area contributed by atoms with Crippen molar-refractivity contribution in [3.8, 4) is 0 Å². The predicted molar refractivity (Wildman–Crippen MR) is 72.1 cm³/mol. The average Bonchev–Trinajstić information content (AvgIpc) is 3.04. The molecule has 0 saturated heterocycles. The molecule has 0 aliphatic carbocycles. The number of carboxylic acids is 1. The van der Waals surface area contributed by atoms with Crippen molar-refractivity contribution in [2.75, 3.05) is 0 Å². The highest BCUT2D eigenvalue weighted by Crippen LogP contribution is 2.18. The predicted octanol–water partition coefficient (Wildman–Crippen LogP) is 1.63. The Kier molecular flexibility index (Phi) is 4.37. The summed E-state index contributed by atoms with van der Waals surface area (Å²) in [5, 5.41) is 16.7. The summed E-state index contributed by atoms with van der Waals surface area (Å²) in [7, 11) is 0. The number of carbonyl (C=O) groups is 2. The Morgan fingerprint density at radius 1 is 1.47 bits per heavy atom. The van der Waals surface area contributed by atoms with Crippen LogP contribution >= 0.6 is 22.9 Å². The minimum Gasteiger partial charge on any atom is -0.478 e. The van der Waals surface area contributed by atoms with Gasteiger partial charge in [0.1, 0.15) is 4.88 Å². The molecule has 6 nitrogen and oxygen atoms in total.